The molecule has 2 N–H and O–H groups in total. The van der Waals surface area contributed by atoms with Gasteiger partial charge in [0.1, 0.15) is 12.4 Å². The van der Waals surface area contributed by atoms with Crippen molar-refractivity contribution in [1.82, 2.24) is 15.5 Å². The predicted molar refractivity (Wildman–Crippen MR) is 104 cm³/mol. The summed E-state index contributed by atoms with van der Waals surface area (Å²) >= 11 is 0. The van der Waals surface area contributed by atoms with Crippen molar-refractivity contribution < 1.29 is 14.3 Å². The molecular weight excluding hydrogens is 330 g/mol. The summed E-state index contributed by atoms with van der Waals surface area (Å²) in [5, 5.41) is 5.48. The fourth-order valence-electron chi connectivity index (χ4n) is 2.40. The molecule has 26 heavy (non-hydrogen) atoms. The van der Waals surface area contributed by atoms with Crippen molar-refractivity contribution in [3.05, 3.63) is 29.8 Å². The Morgan fingerprint density at radius 1 is 1.12 bits per heavy atom. The summed E-state index contributed by atoms with van der Waals surface area (Å²) in [6, 6.07) is 7.69. The summed E-state index contributed by atoms with van der Waals surface area (Å²) in [4.78, 5) is 26.0. The van der Waals surface area contributed by atoms with Crippen molar-refractivity contribution in [1.29, 1.82) is 0 Å². The summed E-state index contributed by atoms with van der Waals surface area (Å²) < 4.78 is 5.89. The predicted octanol–water partition coefficient (Wildman–Crippen LogP) is 2.19. The molecule has 1 aromatic rings. The zero-order valence-corrected chi connectivity index (χ0v) is 16.5. The fraction of sp³-hybridized carbons (Fsp3) is 0.600. The molecule has 1 atom stereocenters. The van der Waals surface area contributed by atoms with E-state index in [0.29, 0.717) is 13.2 Å². The van der Waals surface area contributed by atoms with Gasteiger partial charge in [0.25, 0.3) is 0 Å². The zero-order chi connectivity index (χ0) is 19.4. The second-order valence-electron chi connectivity index (χ2n) is 6.29. The number of nitrogens with one attached hydrogen (secondary N) is 2. The first-order chi connectivity index (χ1) is 12.5. The van der Waals surface area contributed by atoms with Crippen LogP contribution in [0.4, 0.5) is 0 Å². The molecular formula is C20H33N3O3. The highest BCUT2D eigenvalue weighted by Gasteiger charge is 2.12. The van der Waals surface area contributed by atoms with E-state index in [-0.39, 0.29) is 24.3 Å². The lowest BCUT2D eigenvalue weighted by molar-refractivity contribution is -0.128. The van der Waals surface area contributed by atoms with Crippen LogP contribution in [0, 0.1) is 5.92 Å². The van der Waals surface area contributed by atoms with Gasteiger partial charge in [-0.05, 0) is 25.6 Å². The SMILES string of the molecule is CCC(C)C(=O)NCC(=O)NCc1ccccc1OCCN(CC)CC. The van der Waals surface area contributed by atoms with Crippen LogP contribution in [0.25, 0.3) is 0 Å². The van der Waals surface area contributed by atoms with Crippen molar-refractivity contribution in [3.8, 4) is 5.75 Å². The average molecular weight is 364 g/mol. The molecule has 0 radical (unpaired) electrons. The van der Waals surface area contributed by atoms with Crippen LogP contribution >= 0.6 is 0 Å². The summed E-state index contributed by atoms with van der Waals surface area (Å²) in [5.41, 5.74) is 0.925. The number of carbonyl (C=O) groups excluding carboxylic acids is 2. The van der Waals surface area contributed by atoms with Gasteiger partial charge in [0.2, 0.25) is 11.8 Å². The van der Waals surface area contributed by atoms with Crippen molar-refractivity contribution in [2.75, 3.05) is 32.8 Å². The Kier molecular flexibility index (Phi) is 10.4. The Morgan fingerprint density at radius 3 is 2.46 bits per heavy atom. The highest BCUT2D eigenvalue weighted by atomic mass is 16.5. The van der Waals surface area contributed by atoms with Crippen molar-refractivity contribution in [2.24, 2.45) is 5.92 Å². The van der Waals surface area contributed by atoms with Gasteiger partial charge < -0.3 is 20.3 Å². The number of rotatable bonds is 12. The molecule has 0 spiro atoms. The second-order valence-corrected chi connectivity index (χ2v) is 6.29. The lowest BCUT2D eigenvalue weighted by Gasteiger charge is -2.19. The summed E-state index contributed by atoms with van der Waals surface area (Å²) in [6.07, 6.45) is 0.756. The maximum absolute atomic E-state index is 12.0. The molecule has 0 aliphatic rings. The van der Waals surface area contributed by atoms with E-state index in [1.54, 1.807) is 0 Å². The first-order valence-electron chi connectivity index (χ1n) is 9.49. The summed E-state index contributed by atoms with van der Waals surface area (Å²) in [6.45, 7) is 11.9. The van der Waals surface area contributed by atoms with E-state index in [2.05, 4.69) is 29.4 Å². The molecule has 2 amide bonds. The first-order valence-corrected chi connectivity index (χ1v) is 9.49. The maximum Gasteiger partial charge on any atom is 0.239 e. The average Bonchev–Trinajstić information content (AvgIpc) is 2.67. The van der Waals surface area contributed by atoms with E-state index < -0.39 is 0 Å². The molecule has 0 bridgehead atoms. The number of carbonyl (C=O) groups is 2. The third kappa shape index (κ3) is 7.87. The number of hydrogen-bond acceptors (Lipinski definition) is 4. The molecule has 0 aromatic heterocycles. The molecule has 0 aliphatic heterocycles. The largest absolute Gasteiger partial charge is 0.492 e. The van der Waals surface area contributed by atoms with Gasteiger partial charge in [0.05, 0.1) is 6.54 Å². The van der Waals surface area contributed by atoms with E-state index in [4.69, 9.17) is 4.74 Å². The third-order valence-corrected chi connectivity index (χ3v) is 4.49. The lowest BCUT2D eigenvalue weighted by Crippen LogP contribution is -2.38. The minimum atomic E-state index is -0.209. The van der Waals surface area contributed by atoms with Crippen LogP contribution < -0.4 is 15.4 Å². The minimum Gasteiger partial charge on any atom is -0.492 e. The third-order valence-electron chi connectivity index (χ3n) is 4.49. The molecule has 0 aliphatic carbocycles. The fourth-order valence-corrected chi connectivity index (χ4v) is 2.40. The Balaban J connectivity index is 2.44. The monoisotopic (exact) mass is 363 g/mol. The van der Waals surface area contributed by atoms with Crippen molar-refractivity contribution in [3.63, 3.8) is 0 Å². The van der Waals surface area contributed by atoms with Gasteiger partial charge in [0.15, 0.2) is 0 Å². The van der Waals surface area contributed by atoms with Crippen LogP contribution in [0.5, 0.6) is 5.75 Å². The molecule has 0 saturated heterocycles. The molecule has 146 valence electrons. The highest BCUT2D eigenvalue weighted by Crippen LogP contribution is 2.17. The number of likely N-dealkylation sites (N-methyl/N-ethyl adjacent to an activating group) is 1. The molecule has 1 rings (SSSR count). The van der Waals surface area contributed by atoms with E-state index in [1.165, 1.54) is 0 Å². The first kappa shape index (κ1) is 22.0. The standard InChI is InChI=1S/C20H33N3O3/c1-5-16(4)20(25)22-15-19(24)21-14-17-10-8-9-11-18(17)26-13-12-23(6-2)7-3/h8-11,16H,5-7,12-15H2,1-4H3,(H,21,24)(H,22,25). The van der Waals surface area contributed by atoms with Gasteiger partial charge in [-0.3, -0.25) is 9.59 Å². The Morgan fingerprint density at radius 2 is 1.81 bits per heavy atom. The van der Waals surface area contributed by atoms with Gasteiger partial charge in [-0.15, -0.1) is 0 Å². The van der Waals surface area contributed by atoms with E-state index in [0.717, 1.165) is 37.4 Å². The van der Waals surface area contributed by atoms with Gasteiger partial charge >= 0.3 is 0 Å². The van der Waals surface area contributed by atoms with Crippen molar-refractivity contribution >= 4 is 11.8 Å². The van der Waals surface area contributed by atoms with Crippen molar-refractivity contribution in [2.45, 2.75) is 40.7 Å². The number of hydrogen-bond donors (Lipinski definition) is 2. The van der Waals surface area contributed by atoms with Crippen LogP contribution in [0.2, 0.25) is 0 Å². The highest BCUT2D eigenvalue weighted by molar-refractivity contribution is 5.85. The van der Waals surface area contributed by atoms with Crippen LogP contribution in [-0.2, 0) is 16.1 Å². The quantitative estimate of drug-likeness (QED) is 0.597. The molecule has 0 saturated carbocycles. The minimum absolute atomic E-state index is 0.00580. The van der Waals surface area contributed by atoms with Gasteiger partial charge in [-0.1, -0.05) is 45.9 Å². The number of benzene rings is 1. The Hall–Kier alpha value is -2.08. The molecule has 1 unspecified atom stereocenters. The molecule has 6 heteroatoms. The van der Waals surface area contributed by atoms with E-state index in [1.807, 2.05) is 38.1 Å². The zero-order valence-electron chi connectivity index (χ0n) is 16.5. The number of ether oxygens (including phenoxy) is 1. The van der Waals surface area contributed by atoms with Crippen LogP contribution in [0.1, 0.15) is 39.7 Å². The smallest absolute Gasteiger partial charge is 0.239 e. The number of amides is 2. The number of para-hydroxylation sites is 1. The lowest BCUT2D eigenvalue weighted by atomic mass is 10.1. The molecule has 6 nitrogen and oxygen atoms in total. The topological polar surface area (TPSA) is 70.7 Å². The molecule has 1 aromatic carbocycles. The van der Waals surface area contributed by atoms with E-state index in [9.17, 15) is 9.59 Å². The number of nitrogens with zero attached hydrogens (tertiary/aromatic N) is 1. The van der Waals surface area contributed by atoms with Crippen LogP contribution in [0.3, 0.4) is 0 Å². The molecule has 0 fully saturated rings. The van der Waals surface area contributed by atoms with Crippen LogP contribution in [0.15, 0.2) is 24.3 Å². The Bertz CT molecular complexity index is 559. The normalized spacial score (nSPS) is 11.9. The maximum atomic E-state index is 12.0. The van der Waals surface area contributed by atoms with Gasteiger partial charge in [-0.2, -0.15) is 0 Å². The van der Waals surface area contributed by atoms with Gasteiger partial charge in [0, 0.05) is 24.6 Å². The van der Waals surface area contributed by atoms with Gasteiger partial charge in [-0.25, -0.2) is 0 Å². The summed E-state index contributed by atoms with van der Waals surface area (Å²) in [5.74, 6) is 0.397. The second kappa shape index (κ2) is 12.3. The summed E-state index contributed by atoms with van der Waals surface area (Å²) in [7, 11) is 0. The van der Waals surface area contributed by atoms with Crippen LogP contribution in [-0.4, -0.2) is 49.5 Å². The van der Waals surface area contributed by atoms with E-state index >= 15 is 0 Å². The Labute approximate surface area is 157 Å². The molecule has 0 heterocycles.